The lowest BCUT2D eigenvalue weighted by Crippen LogP contribution is -2.45. The molecule has 1 aliphatic heterocycles. The Morgan fingerprint density at radius 3 is 2.89 bits per heavy atom. The number of amides is 2. The number of hydrogen-bond acceptors (Lipinski definition) is 5. The van der Waals surface area contributed by atoms with E-state index in [4.69, 9.17) is 14.2 Å². The fourth-order valence-electron chi connectivity index (χ4n) is 3.05. The summed E-state index contributed by atoms with van der Waals surface area (Å²) in [7, 11) is 3.15. The second-order valence-electron chi connectivity index (χ2n) is 6.34. The van der Waals surface area contributed by atoms with E-state index in [1.807, 2.05) is 18.2 Å². The number of nitrogens with one attached hydrogen (secondary N) is 1. The molecule has 27 heavy (non-hydrogen) atoms. The molecular weight excluding hydrogens is 346 g/mol. The van der Waals surface area contributed by atoms with Gasteiger partial charge in [-0.1, -0.05) is 6.07 Å². The van der Waals surface area contributed by atoms with E-state index < -0.39 is 0 Å². The number of urea groups is 1. The minimum atomic E-state index is -0.173. The lowest BCUT2D eigenvalue weighted by molar-refractivity contribution is -0.000329. The highest BCUT2D eigenvalue weighted by Crippen LogP contribution is 2.29. The van der Waals surface area contributed by atoms with Crippen LogP contribution < -0.4 is 14.8 Å². The summed E-state index contributed by atoms with van der Waals surface area (Å²) in [5.74, 6) is 1.24. The van der Waals surface area contributed by atoms with Crippen LogP contribution in [0.4, 0.5) is 10.5 Å². The number of nitrogens with zero attached hydrogens (tertiary/aromatic N) is 2. The van der Waals surface area contributed by atoms with Crippen LogP contribution in [0.1, 0.15) is 18.5 Å². The van der Waals surface area contributed by atoms with Crippen LogP contribution >= 0.6 is 0 Å². The lowest BCUT2D eigenvalue weighted by Gasteiger charge is -2.32. The molecular formula is C20H25N3O4. The minimum Gasteiger partial charge on any atom is -0.497 e. The molecule has 1 aliphatic rings. The van der Waals surface area contributed by atoms with Crippen LogP contribution in [0.3, 0.4) is 0 Å². The molecule has 0 spiro atoms. The molecule has 0 radical (unpaired) electrons. The van der Waals surface area contributed by atoms with E-state index in [0.29, 0.717) is 36.9 Å². The van der Waals surface area contributed by atoms with Gasteiger partial charge in [0.05, 0.1) is 38.3 Å². The molecule has 144 valence electrons. The van der Waals surface area contributed by atoms with Crippen molar-refractivity contribution in [1.82, 2.24) is 9.88 Å². The first-order valence-corrected chi connectivity index (χ1v) is 8.99. The van der Waals surface area contributed by atoms with E-state index in [0.717, 1.165) is 18.5 Å². The van der Waals surface area contributed by atoms with E-state index in [2.05, 4.69) is 10.3 Å². The molecule has 0 bridgehead atoms. The summed E-state index contributed by atoms with van der Waals surface area (Å²) in [4.78, 5) is 18.7. The van der Waals surface area contributed by atoms with E-state index in [1.165, 1.54) is 0 Å². The smallest absolute Gasteiger partial charge is 0.322 e. The molecule has 3 rings (SSSR count). The largest absolute Gasteiger partial charge is 0.497 e. The van der Waals surface area contributed by atoms with Gasteiger partial charge < -0.3 is 24.4 Å². The summed E-state index contributed by atoms with van der Waals surface area (Å²) in [5, 5.41) is 2.91. The first-order chi connectivity index (χ1) is 13.2. The van der Waals surface area contributed by atoms with Crippen LogP contribution in [0.5, 0.6) is 11.5 Å². The Hall–Kier alpha value is -2.80. The van der Waals surface area contributed by atoms with Gasteiger partial charge in [-0.05, 0) is 37.1 Å². The standard InChI is InChI=1S/C20H25N3O4/c1-25-16-8-9-19(26-2)18(12-16)22-20(24)23-11-5-7-17(13-23)27-14-15-6-3-4-10-21-15/h3-4,6,8-10,12,17H,5,7,11,13-14H2,1-2H3,(H,22,24). The average molecular weight is 371 g/mol. The fraction of sp³-hybridized carbons (Fsp3) is 0.400. The van der Waals surface area contributed by atoms with E-state index >= 15 is 0 Å². The van der Waals surface area contributed by atoms with Crippen molar-refractivity contribution in [3.05, 3.63) is 48.3 Å². The third-order valence-corrected chi connectivity index (χ3v) is 4.51. The van der Waals surface area contributed by atoms with Gasteiger partial charge in [0, 0.05) is 25.4 Å². The predicted molar refractivity (Wildman–Crippen MR) is 102 cm³/mol. The Bertz CT molecular complexity index is 754. The van der Waals surface area contributed by atoms with Gasteiger partial charge in [0.15, 0.2) is 0 Å². The van der Waals surface area contributed by atoms with Crippen molar-refractivity contribution in [2.24, 2.45) is 0 Å². The highest BCUT2D eigenvalue weighted by atomic mass is 16.5. The van der Waals surface area contributed by atoms with Crippen molar-refractivity contribution in [2.45, 2.75) is 25.6 Å². The van der Waals surface area contributed by atoms with Crippen molar-refractivity contribution < 1.29 is 19.0 Å². The molecule has 0 aliphatic carbocycles. The number of hydrogen-bond donors (Lipinski definition) is 1. The van der Waals surface area contributed by atoms with Crippen LogP contribution in [0, 0.1) is 0 Å². The SMILES string of the molecule is COc1ccc(OC)c(NC(=O)N2CCCC(OCc3ccccn3)C2)c1. The van der Waals surface area contributed by atoms with Gasteiger partial charge in [-0.25, -0.2) is 4.79 Å². The zero-order chi connectivity index (χ0) is 19.1. The second kappa shape index (κ2) is 9.23. The second-order valence-corrected chi connectivity index (χ2v) is 6.34. The normalized spacial score (nSPS) is 16.7. The summed E-state index contributed by atoms with van der Waals surface area (Å²) in [6.45, 7) is 1.69. The number of aromatic nitrogens is 1. The summed E-state index contributed by atoms with van der Waals surface area (Å²) >= 11 is 0. The van der Waals surface area contributed by atoms with Crippen molar-refractivity contribution in [3.8, 4) is 11.5 Å². The van der Waals surface area contributed by atoms with Crippen LogP contribution in [0.25, 0.3) is 0 Å². The topological polar surface area (TPSA) is 72.9 Å². The maximum Gasteiger partial charge on any atom is 0.322 e. The first kappa shape index (κ1) is 19.0. The summed E-state index contributed by atoms with van der Waals surface area (Å²) in [6, 6.07) is 10.9. The van der Waals surface area contributed by atoms with Crippen molar-refractivity contribution in [2.75, 3.05) is 32.6 Å². The zero-order valence-corrected chi connectivity index (χ0v) is 15.7. The van der Waals surface area contributed by atoms with Gasteiger partial charge in [-0.15, -0.1) is 0 Å². The molecule has 2 amide bonds. The molecule has 1 fully saturated rings. The molecule has 2 heterocycles. The summed E-state index contributed by atoms with van der Waals surface area (Å²) < 4.78 is 16.5. The number of carbonyl (C=O) groups excluding carboxylic acids is 1. The fourth-order valence-corrected chi connectivity index (χ4v) is 3.05. The lowest BCUT2D eigenvalue weighted by atomic mass is 10.1. The Labute approximate surface area is 159 Å². The molecule has 1 aromatic heterocycles. The number of methoxy groups -OCH3 is 2. The van der Waals surface area contributed by atoms with E-state index in [-0.39, 0.29) is 12.1 Å². The van der Waals surface area contributed by atoms with E-state index in [1.54, 1.807) is 43.5 Å². The Kier molecular flexibility index (Phi) is 6.49. The predicted octanol–water partition coefficient (Wildman–Crippen LogP) is 3.31. The quantitative estimate of drug-likeness (QED) is 0.843. The maximum atomic E-state index is 12.7. The molecule has 7 heteroatoms. The van der Waals surface area contributed by atoms with Gasteiger partial charge in [0.25, 0.3) is 0 Å². The van der Waals surface area contributed by atoms with Gasteiger partial charge in [-0.2, -0.15) is 0 Å². The summed E-state index contributed by atoms with van der Waals surface area (Å²) in [6.07, 6.45) is 3.58. The molecule has 1 atom stereocenters. The third kappa shape index (κ3) is 5.10. The van der Waals surface area contributed by atoms with Crippen LogP contribution in [-0.2, 0) is 11.3 Å². The number of carbonyl (C=O) groups is 1. The molecule has 1 saturated heterocycles. The molecule has 0 saturated carbocycles. The molecule has 7 nitrogen and oxygen atoms in total. The Morgan fingerprint density at radius 2 is 2.15 bits per heavy atom. The number of piperidine rings is 1. The number of rotatable bonds is 6. The molecule has 2 aromatic rings. The minimum absolute atomic E-state index is 0.00119. The van der Waals surface area contributed by atoms with Crippen molar-refractivity contribution >= 4 is 11.7 Å². The van der Waals surface area contributed by atoms with Crippen LogP contribution in [0.2, 0.25) is 0 Å². The first-order valence-electron chi connectivity index (χ1n) is 8.99. The highest BCUT2D eigenvalue weighted by Gasteiger charge is 2.25. The van der Waals surface area contributed by atoms with Crippen molar-refractivity contribution in [1.29, 1.82) is 0 Å². The van der Waals surface area contributed by atoms with Crippen LogP contribution in [0.15, 0.2) is 42.6 Å². The average Bonchev–Trinajstić information content (AvgIpc) is 2.73. The third-order valence-electron chi connectivity index (χ3n) is 4.51. The number of pyridine rings is 1. The monoisotopic (exact) mass is 371 g/mol. The van der Waals surface area contributed by atoms with Gasteiger partial charge >= 0.3 is 6.03 Å². The summed E-state index contributed by atoms with van der Waals surface area (Å²) in [5.41, 5.74) is 1.47. The Morgan fingerprint density at radius 1 is 1.26 bits per heavy atom. The number of benzene rings is 1. The maximum absolute atomic E-state index is 12.7. The van der Waals surface area contributed by atoms with E-state index in [9.17, 15) is 4.79 Å². The van der Waals surface area contributed by atoms with Gasteiger partial charge in [0.1, 0.15) is 11.5 Å². The highest BCUT2D eigenvalue weighted by molar-refractivity contribution is 5.91. The molecule has 1 unspecified atom stereocenters. The zero-order valence-electron chi connectivity index (χ0n) is 15.7. The molecule has 1 N–H and O–H groups in total. The van der Waals surface area contributed by atoms with Gasteiger partial charge in [-0.3, -0.25) is 4.98 Å². The number of likely N-dealkylation sites (tertiary alicyclic amines) is 1. The molecule has 1 aromatic carbocycles. The Balaban J connectivity index is 1.58. The number of ether oxygens (including phenoxy) is 3. The van der Waals surface area contributed by atoms with Crippen molar-refractivity contribution in [3.63, 3.8) is 0 Å². The number of anilines is 1. The van der Waals surface area contributed by atoms with Crippen LogP contribution in [-0.4, -0.2) is 49.3 Å². The van der Waals surface area contributed by atoms with Gasteiger partial charge in [0.2, 0.25) is 0 Å².